The highest BCUT2D eigenvalue weighted by molar-refractivity contribution is 5.92. The van der Waals surface area contributed by atoms with Crippen molar-refractivity contribution in [3.8, 4) is 0 Å². The Morgan fingerprint density at radius 2 is 1.88 bits per heavy atom. The van der Waals surface area contributed by atoms with Gasteiger partial charge in [0.15, 0.2) is 0 Å². The lowest BCUT2D eigenvalue weighted by molar-refractivity contribution is 1.22. The molecule has 0 spiro atoms. The second-order valence-electron chi connectivity index (χ2n) is 4.47. The fourth-order valence-electron chi connectivity index (χ4n) is 2.49. The van der Waals surface area contributed by atoms with Crippen LogP contribution in [0.2, 0.25) is 0 Å². The molecule has 0 aromatic heterocycles. The molecule has 0 atom stereocenters. The zero-order valence-corrected chi connectivity index (χ0v) is 10.3. The Bertz CT molecular complexity index is 547. The second kappa shape index (κ2) is 4.13. The number of hydrogen-bond donors (Lipinski definition) is 0. The van der Waals surface area contributed by atoms with Crippen LogP contribution in [0.4, 0.5) is 0 Å². The maximum absolute atomic E-state index is 3.82. The third kappa shape index (κ3) is 1.65. The number of allylic oxidation sites excluding steroid dienone is 1. The van der Waals surface area contributed by atoms with E-state index in [0.29, 0.717) is 0 Å². The average molecular weight is 210 g/mol. The Morgan fingerprint density at radius 3 is 2.56 bits per heavy atom. The molecule has 0 heterocycles. The molecule has 0 fully saturated rings. The molecule has 0 aliphatic heterocycles. The van der Waals surface area contributed by atoms with Crippen LogP contribution in [-0.2, 0) is 6.42 Å². The molecule has 0 aliphatic carbocycles. The van der Waals surface area contributed by atoms with Gasteiger partial charge >= 0.3 is 0 Å². The van der Waals surface area contributed by atoms with Gasteiger partial charge in [0.2, 0.25) is 0 Å². The minimum absolute atomic E-state index is 0.955. The zero-order valence-electron chi connectivity index (χ0n) is 10.3. The van der Waals surface area contributed by atoms with Crippen LogP contribution in [0.5, 0.6) is 0 Å². The molecule has 0 N–H and O–H groups in total. The van der Waals surface area contributed by atoms with Crippen LogP contribution in [0.25, 0.3) is 10.8 Å². The second-order valence-corrected chi connectivity index (χ2v) is 4.47. The molecular weight excluding hydrogens is 192 g/mol. The van der Waals surface area contributed by atoms with Gasteiger partial charge in [0.05, 0.1) is 0 Å². The van der Waals surface area contributed by atoms with Gasteiger partial charge in [0, 0.05) is 0 Å². The summed E-state index contributed by atoms with van der Waals surface area (Å²) >= 11 is 0. The quantitative estimate of drug-likeness (QED) is 0.640. The molecule has 0 saturated heterocycles. The van der Waals surface area contributed by atoms with Gasteiger partial charge in [-0.2, -0.15) is 0 Å². The highest BCUT2D eigenvalue weighted by Crippen LogP contribution is 2.28. The monoisotopic (exact) mass is 210 g/mol. The average Bonchev–Trinajstić information content (AvgIpc) is 2.25. The summed E-state index contributed by atoms with van der Waals surface area (Å²) in [6, 6.07) is 8.84. The van der Waals surface area contributed by atoms with Crippen molar-refractivity contribution in [2.24, 2.45) is 0 Å². The van der Waals surface area contributed by atoms with Gasteiger partial charge in [-0.15, -0.1) is 6.58 Å². The van der Waals surface area contributed by atoms with Crippen molar-refractivity contribution in [2.75, 3.05) is 0 Å². The SMILES string of the molecule is C=CCc1cc(C)c2c(C)cccc2c1C. The van der Waals surface area contributed by atoms with Crippen LogP contribution in [0.1, 0.15) is 22.3 Å². The molecule has 16 heavy (non-hydrogen) atoms. The fraction of sp³-hybridized carbons (Fsp3) is 0.250. The van der Waals surface area contributed by atoms with Crippen molar-refractivity contribution >= 4 is 10.8 Å². The molecule has 0 nitrogen and oxygen atoms in total. The molecule has 0 unspecified atom stereocenters. The summed E-state index contributed by atoms with van der Waals surface area (Å²) in [6.07, 6.45) is 2.93. The first kappa shape index (κ1) is 10.9. The van der Waals surface area contributed by atoms with Crippen molar-refractivity contribution in [1.29, 1.82) is 0 Å². The van der Waals surface area contributed by atoms with Crippen LogP contribution in [0, 0.1) is 20.8 Å². The van der Waals surface area contributed by atoms with Gasteiger partial charge in [-0.3, -0.25) is 0 Å². The molecule has 0 aliphatic rings. The third-order valence-corrected chi connectivity index (χ3v) is 3.31. The third-order valence-electron chi connectivity index (χ3n) is 3.31. The predicted molar refractivity (Wildman–Crippen MR) is 72.1 cm³/mol. The Labute approximate surface area is 97.6 Å². The summed E-state index contributed by atoms with van der Waals surface area (Å²) in [6.45, 7) is 10.4. The first-order valence-electron chi connectivity index (χ1n) is 5.74. The molecule has 82 valence electrons. The smallest absolute Gasteiger partial charge is 0.00972 e. The maximum Gasteiger partial charge on any atom is -0.00972 e. The number of rotatable bonds is 2. The molecule has 2 rings (SSSR count). The van der Waals surface area contributed by atoms with E-state index in [0.717, 1.165) is 6.42 Å². The minimum atomic E-state index is 0.955. The van der Waals surface area contributed by atoms with Gasteiger partial charge < -0.3 is 0 Å². The van der Waals surface area contributed by atoms with Crippen molar-refractivity contribution in [1.82, 2.24) is 0 Å². The lowest BCUT2D eigenvalue weighted by atomic mass is 9.92. The highest BCUT2D eigenvalue weighted by Gasteiger charge is 2.07. The summed E-state index contributed by atoms with van der Waals surface area (Å²) in [5, 5.41) is 2.80. The maximum atomic E-state index is 3.82. The van der Waals surface area contributed by atoms with E-state index in [-0.39, 0.29) is 0 Å². The molecule has 0 saturated carbocycles. The van der Waals surface area contributed by atoms with Gasteiger partial charge in [-0.05, 0) is 60.2 Å². The van der Waals surface area contributed by atoms with Crippen molar-refractivity contribution in [3.05, 3.63) is 59.2 Å². The van der Waals surface area contributed by atoms with Crippen molar-refractivity contribution < 1.29 is 0 Å². The van der Waals surface area contributed by atoms with E-state index >= 15 is 0 Å². The molecule has 0 bridgehead atoms. The van der Waals surface area contributed by atoms with Crippen LogP contribution >= 0.6 is 0 Å². The van der Waals surface area contributed by atoms with Gasteiger partial charge in [0.1, 0.15) is 0 Å². The summed E-state index contributed by atoms with van der Waals surface area (Å²) in [5.74, 6) is 0. The number of fused-ring (bicyclic) bond motifs is 1. The first-order chi connectivity index (χ1) is 7.65. The molecule has 0 radical (unpaired) electrons. The zero-order chi connectivity index (χ0) is 11.7. The largest absolute Gasteiger partial charge is 0.103 e. The lowest BCUT2D eigenvalue weighted by Gasteiger charge is -2.13. The normalized spacial score (nSPS) is 10.7. The Balaban J connectivity index is 2.84. The number of hydrogen-bond acceptors (Lipinski definition) is 0. The fourth-order valence-corrected chi connectivity index (χ4v) is 2.49. The predicted octanol–water partition coefficient (Wildman–Crippen LogP) is 4.49. The molecule has 0 amide bonds. The van der Waals surface area contributed by atoms with E-state index in [2.05, 4.69) is 51.6 Å². The highest BCUT2D eigenvalue weighted by atomic mass is 14.1. The van der Waals surface area contributed by atoms with Crippen LogP contribution in [-0.4, -0.2) is 0 Å². The molecular formula is C16H18. The Hall–Kier alpha value is -1.56. The van der Waals surface area contributed by atoms with E-state index < -0.39 is 0 Å². The minimum Gasteiger partial charge on any atom is -0.103 e. The number of aryl methyl sites for hydroxylation is 3. The van der Waals surface area contributed by atoms with Crippen LogP contribution < -0.4 is 0 Å². The van der Waals surface area contributed by atoms with E-state index in [1.807, 2.05) is 6.08 Å². The Kier molecular flexibility index (Phi) is 2.82. The number of benzene rings is 2. The molecule has 2 aromatic carbocycles. The van der Waals surface area contributed by atoms with Crippen LogP contribution in [0.15, 0.2) is 36.9 Å². The van der Waals surface area contributed by atoms with Gasteiger partial charge in [-0.1, -0.05) is 30.3 Å². The topological polar surface area (TPSA) is 0 Å². The van der Waals surface area contributed by atoms with Gasteiger partial charge in [-0.25, -0.2) is 0 Å². The molecule has 0 heteroatoms. The van der Waals surface area contributed by atoms with Crippen LogP contribution in [0.3, 0.4) is 0 Å². The summed E-state index contributed by atoms with van der Waals surface area (Å²) in [4.78, 5) is 0. The van der Waals surface area contributed by atoms with E-state index in [9.17, 15) is 0 Å². The van der Waals surface area contributed by atoms with E-state index in [1.54, 1.807) is 0 Å². The Morgan fingerprint density at radius 1 is 1.12 bits per heavy atom. The van der Waals surface area contributed by atoms with Gasteiger partial charge in [0.25, 0.3) is 0 Å². The lowest BCUT2D eigenvalue weighted by Crippen LogP contribution is -1.93. The summed E-state index contributed by atoms with van der Waals surface area (Å²) in [5.41, 5.74) is 5.52. The molecule has 2 aromatic rings. The van der Waals surface area contributed by atoms with E-state index in [4.69, 9.17) is 0 Å². The standard InChI is InChI=1S/C16H18/c1-5-7-14-10-12(3)16-11(2)8-6-9-15(16)13(14)4/h5-6,8-10H,1,7H2,2-4H3. The van der Waals surface area contributed by atoms with E-state index in [1.165, 1.54) is 33.0 Å². The summed E-state index contributed by atoms with van der Waals surface area (Å²) in [7, 11) is 0. The summed E-state index contributed by atoms with van der Waals surface area (Å²) < 4.78 is 0. The van der Waals surface area contributed by atoms with Crippen molar-refractivity contribution in [2.45, 2.75) is 27.2 Å². The first-order valence-corrected chi connectivity index (χ1v) is 5.74. The van der Waals surface area contributed by atoms with Crippen molar-refractivity contribution in [3.63, 3.8) is 0 Å².